The van der Waals surface area contributed by atoms with Crippen LogP contribution in [-0.4, -0.2) is 37.7 Å². The summed E-state index contributed by atoms with van der Waals surface area (Å²) in [5.41, 5.74) is 0.744. The lowest BCUT2D eigenvalue weighted by atomic mass is 10.2. The van der Waals surface area contributed by atoms with Crippen molar-refractivity contribution in [3.05, 3.63) is 35.9 Å². The van der Waals surface area contributed by atoms with Crippen LogP contribution >= 0.6 is 0 Å². The second-order valence-corrected chi connectivity index (χ2v) is 7.69. The largest absolute Gasteiger partial charge is 0.481 e. The molecule has 1 aliphatic rings. The Hall–Kier alpha value is -1.89. The second kappa shape index (κ2) is 6.91. The van der Waals surface area contributed by atoms with Gasteiger partial charge in [0.2, 0.25) is 5.91 Å². The van der Waals surface area contributed by atoms with Crippen molar-refractivity contribution in [1.82, 2.24) is 5.32 Å². The van der Waals surface area contributed by atoms with Gasteiger partial charge >= 0.3 is 5.97 Å². The summed E-state index contributed by atoms with van der Waals surface area (Å²) in [6.07, 6.45) is 0.693. The number of hydrogen-bond donors (Lipinski definition) is 2. The van der Waals surface area contributed by atoms with Crippen molar-refractivity contribution in [3.63, 3.8) is 0 Å². The summed E-state index contributed by atoms with van der Waals surface area (Å²) in [6.45, 7) is 0.246. The normalized spacial score (nSPS) is 20.4. The van der Waals surface area contributed by atoms with E-state index >= 15 is 0 Å². The molecule has 6 nitrogen and oxygen atoms in total. The lowest BCUT2D eigenvalue weighted by molar-refractivity contribution is -0.140. The van der Waals surface area contributed by atoms with Crippen LogP contribution < -0.4 is 5.32 Å². The average molecular weight is 325 g/mol. The maximum absolute atomic E-state index is 11.9. The Labute approximate surface area is 129 Å². The van der Waals surface area contributed by atoms with E-state index in [2.05, 4.69) is 5.32 Å². The van der Waals surface area contributed by atoms with Crippen molar-refractivity contribution < 1.29 is 23.1 Å². The highest BCUT2D eigenvalue weighted by Crippen LogP contribution is 2.38. The van der Waals surface area contributed by atoms with E-state index in [4.69, 9.17) is 5.11 Å². The van der Waals surface area contributed by atoms with Crippen LogP contribution in [0, 0.1) is 11.8 Å². The summed E-state index contributed by atoms with van der Waals surface area (Å²) >= 11 is 0. The van der Waals surface area contributed by atoms with E-state index in [1.807, 2.05) is 6.07 Å². The Kier molecular flexibility index (Phi) is 5.18. The highest BCUT2D eigenvalue weighted by molar-refractivity contribution is 7.90. The molecule has 0 bridgehead atoms. The first-order valence-corrected chi connectivity index (χ1v) is 8.96. The molecule has 22 heavy (non-hydrogen) atoms. The zero-order valence-corrected chi connectivity index (χ0v) is 12.9. The highest BCUT2D eigenvalue weighted by Gasteiger charge is 2.48. The van der Waals surface area contributed by atoms with Crippen LogP contribution in [0.1, 0.15) is 18.4 Å². The fourth-order valence-corrected chi connectivity index (χ4v) is 3.72. The van der Waals surface area contributed by atoms with Crippen LogP contribution in [0.4, 0.5) is 0 Å². The van der Waals surface area contributed by atoms with E-state index in [9.17, 15) is 18.0 Å². The maximum Gasteiger partial charge on any atom is 0.307 e. The van der Waals surface area contributed by atoms with Gasteiger partial charge in [-0.25, -0.2) is 8.42 Å². The van der Waals surface area contributed by atoms with Gasteiger partial charge in [-0.3, -0.25) is 9.59 Å². The predicted octanol–water partition coefficient (Wildman–Crippen LogP) is 0.828. The lowest BCUT2D eigenvalue weighted by Gasteiger charge is -2.06. The Morgan fingerprint density at radius 2 is 1.86 bits per heavy atom. The second-order valence-electron chi connectivity index (χ2n) is 5.51. The number of carboxylic acid groups (broad SMARTS) is 1. The molecule has 1 amide bonds. The summed E-state index contributed by atoms with van der Waals surface area (Å²) in [5, 5.41) is 11.3. The molecule has 0 aliphatic heterocycles. The van der Waals surface area contributed by atoms with Crippen molar-refractivity contribution in [2.75, 3.05) is 12.3 Å². The van der Waals surface area contributed by atoms with Crippen LogP contribution in [-0.2, 0) is 25.2 Å². The highest BCUT2D eigenvalue weighted by atomic mass is 32.2. The third-order valence-electron chi connectivity index (χ3n) is 3.61. The minimum atomic E-state index is -3.21. The minimum absolute atomic E-state index is 0.00476. The molecule has 2 N–H and O–H groups in total. The number of aliphatic carboxylic acids is 1. The van der Waals surface area contributed by atoms with Gasteiger partial charge in [0.1, 0.15) is 0 Å². The number of benzene rings is 1. The monoisotopic (exact) mass is 325 g/mol. The van der Waals surface area contributed by atoms with E-state index in [1.54, 1.807) is 24.3 Å². The fourth-order valence-electron chi connectivity index (χ4n) is 2.29. The molecule has 1 aromatic rings. The van der Waals surface area contributed by atoms with Gasteiger partial charge in [-0.05, 0) is 18.4 Å². The van der Waals surface area contributed by atoms with Crippen LogP contribution in [0.2, 0.25) is 0 Å². The molecular formula is C15H19NO5S. The number of carboxylic acids is 1. The van der Waals surface area contributed by atoms with Gasteiger partial charge in [0.05, 0.1) is 23.3 Å². The van der Waals surface area contributed by atoms with Gasteiger partial charge in [0.25, 0.3) is 0 Å². The number of sulfone groups is 1. The molecular weight excluding hydrogens is 306 g/mol. The van der Waals surface area contributed by atoms with E-state index in [0.29, 0.717) is 12.8 Å². The number of rotatable bonds is 8. The average Bonchev–Trinajstić information content (AvgIpc) is 3.24. The third-order valence-corrected chi connectivity index (χ3v) is 5.29. The van der Waals surface area contributed by atoms with E-state index in [-0.39, 0.29) is 24.0 Å². The molecule has 1 aliphatic carbocycles. The smallest absolute Gasteiger partial charge is 0.307 e. The van der Waals surface area contributed by atoms with Crippen molar-refractivity contribution >= 4 is 21.7 Å². The van der Waals surface area contributed by atoms with Crippen LogP contribution in [0.3, 0.4) is 0 Å². The van der Waals surface area contributed by atoms with Crippen molar-refractivity contribution in [2.45, 2.75) is 18.6 Å². The Morgan fingerprint density at radius 3 is 2.45 bits per heavy atom. The van der Waals surface area contributed by atoms with E-state index in [1.165, 1.54) is 0 Å². The SMILES string of the molecule is O=C(O)C1CC1C(=O)NCCCS(=O)(=O)Cc1ccccc1. The van der Waals surface area contributed by atoms with Crippen LogP contribution in [0.5, 0.6) is 0 Å². The van der Waals surface area contributed by atoms with Gasteiger partial charge in [-0.2, -0.15) is 0 Å². The molecule has 1 saturated carbocycles. The number of nitrogens with one attached hydrogen (secondary N) is 1. The van der Waals surface area contributed by atoms with Gasteiger partial charge in [-0.15, -0.1) is 0 Å². The summed E-state index contributed by atoms with van der Waals surface area (Å²) in [7, 11) is -3.21. The zero-order chi connectivity index (χ0) is 16.2. The first-order chi connectivity index (χ1) is 10.4. The van der Waals surface area contributed by atoms with Gasteiger partial charge in [-0.1, -0.05) is 30.3 Å². The summed E-state index contributed by atoms with van der Waals surface area (Å²) in [6, 6.07) is 8.93. The molecule has 0 aromatic heterocycles. The molecule has 2 unspecified atom stereocenters. The Morgan fingerprint density at radius 1 is 1.18 bits per heavy atom. The topological polar surface area (TPSA) is 101 Å². The van der Waals surface area contributed by atoms with Gasteiger partial charge in [0.15, 0.2) is 9.84 Å². The maximum atomic E-state index is 11.9. The first kappa shape index (κ1) is 16.5. The lowest BCUT2D eigenvalue weighted by Crippen LogP contribution is -2.28. The molecule has 2 atom stereocenters. The summed E-state index contributed by atoms with van der Waals surface area (Å²) < 4.78 is 23.9. The van der Waals surface area contributed by atoms with Crippen LogP contribution in [0.25, 0.3) is 0 Å². The number of hydrogen-bond acceptors (Lipinski definition) is 4. The molecule has 120 valence electrons. The van der Waals surface area contributed by atoms with Crippen molar-refractivity contribution in [2.24, 2.45) is 11.8 Å². The zero-order valence-electron chi connectivity index (χ0n) is 12.1. The molecule has 7 heteroatoms. The van der Waals surface area contributed by atoms with Crippen LogP contribution in [0.15, 0.2) is 30.3 Å². The number of amides is 1. The third kappa shape index (κ3) is 4.84. The molecule has 1 aromatic carbocycles. The van der Waals surface area contributed by atoms with Crippen molar-refractivity contribution in [3.8, 4) is 0 Å². The standard InChI is InChI=1S/C15H19NO5S/c17-14(12-9-13(12)15(18)19)16-7-4-8-22(20,21)10-11-5-2-1-3-6-11/h1-3,5-6,12-13H,4,7-10H2,(H,16,17)(H,18,19). The molecule has 0 spiro atoms. The molecule has 0 saturated heterocycles. The number of carbonyl (C=O) groups is 2. The Balaban J connectivity index is 1.68. The first-order valence-electron chi connectivity index (χ1n) is 7.14. The van der Waals surface area contributed by atoms with Gasteiger partial charge in [0, 0.05) is 6.54 Å². The Bertz CT molecular complexity index is 641. The molecule has 0 radical (unpaired) electrons. The minimum Gasteiger partial charge on any atom is -0.481 e. The van der Waals surface area contributed by atoms with E-state index in [0.717, 1.165) is 5.56 Å². The number of carbonyl (C=O) groups excluding carboxylic acids is 1. The molecule has 2 rings (SSSR count). The summed E-state index contributed by atoms with van der Waals surface area (Å²) in [5.74, 6) is -2.31. The molecule has 0 heterocycles. The molecule has 1 fully saturated rings. The van der Waals surface area contributed by atoms with E-state index < -0.39 is 27.6 Å². The van der Waals surface area contributed by atoms with Crippen molar-refractivity contribution in [1.29, 1.82) is 0 Å². The predicted molar refractivity (Wildman–Crippen MR) is 80.8 cm³/mol. The summed E-state index contributed by atoms with van der Waals surface area (Å²) in [4.78, 5) is 22.3. The quantitative estimate of drug-likeness (QED) is 0.690. The van der Waals surface area contributed by atoms with Gasteiger partial charge < -0.3 is 10.4 Å². The fraction of sp³-hybridized carbons (Fsp3) is 0.467.